The lowest BCUT2D eigenvalue weighted by Crippen LogP contribution is -2.45. The number of aromatic nitrogens is 3. The first-order valence-corrected chi connectivity index (χ1v) is 12.5. The minimum absolute atomic E-state index is 0.170. The first-order valence-electron chi connectivity index (χ1n) is 11.6. The molecule has 1 amide bonds. The molecular weight excluding hydrogens is 406 g/mol. The number of thioether (sulfide) groups is 1. The van der Waals surface area contributed by atoms with Crippen molar-refractivity contribution in [1.29, 1.82) is 0 Å². The molecule has 168 valence electrons. The van der Waals surface area contributed by atoms with Crippen molar-refractivity contribution in [2.45, 2.75) is 63.5 Å². The van der Waals surface area contributed by atoms with Gasteiger partial charge in [-0.3, -0.25) is 9.69 Å². The molecule has 3 unspecified atom stereocenters. The molecule has 0 spiro atoms. The molecule has 1 aromatic carbocycles. The van der Waals surface area contributed by atoms with E-state index in [1.807, 2.05) is 13.0 Å². The highest BCUT2D eigenvalue weighted by Crippen LogP contribution is 2.28. The number of likely N-dealkylation sites (tertiary alicyclic amines) is 2. The van der Waals surface area contributed by atoms with Gasteiger partial charge in [0, 0.05) is 13.1 Å². The van der Waals surface area contributed by atoms with E-state index >= 15 is 0 Å². The maximum absolute atomic E-state index is 13.2. The first kappa shape index (κ1) is 22.3. The molecule has 0 N–H and O–H groups in total. The smallest absolute Gasteiger partial charge is 0.235 e. The van der Waals surface area contributed by atoms with E-state index in [0.717, 1.165) is 50.2 Å². The highest BCUT2D eigenvalue weighted by molar-refractivity contribution is 8.00. The van der Waals surface area contributed by atoms with Crippen LogP contribution in [0, 0.1) is 11.8 Å². The zero-order chi connectivity index (χ0) is 21.8. The standard InChI is InChI=1S/C24H35N5OS/c1-18-13-19(2)15-28(14-18)23(30)20(3)31-24-26-25-22(17-27-11-7-8-12-27)29(24)16-21-9-5-4-6-10-21/h4-6,9-10,18-20H,7-8,11-17H2,1-3H3. The van der Waals surface area contributed by atoms with Crippen molar-refractivity contribution in [3.05, 3.63) is 41.7 Å². The first-order chi connectivity index (χ1) is 15.0. The molecule has 0 aliphatic carbocycles. The van der Waals surface area contributed by atoms with Gasteiger partial charge < -0.3 is 9.47 Å². The van der Waals surface area contributed by atoms with Gasteiger partial charge in [-0.2, -0.15) is 0 Å². The fourth-order valence-corrected chi connectivity index (χ4v) is 5.85. The molecule has 0 radical (unpaired) electrons. The highest BCUT2D eigenvalue weighted by Gasteiger charge is 2.30. The minimum Gasteiger partial charge on any atom is -0.341 e. The Balaban J connectivity index is 1.50. The van der Waals surface area contributed by atoms with Crippen molar-refractivity contribution < 1.29 is 4.79 Å². The van der Waals surface area contributed by atoms with Crippen LogP contribution in [0.2, 0.25) is 0 Å². The Labute approximate surface area is 190 Å². The molecule has 2 fully saturated rings. The van der Waals surface area contributed by atoms with Gasteiger partial charge in [0.25, 0.3) is 0 Å². The molecule has 2 aliphatic rings. The van der Waals surface area contributed by atoms with Crippen molar-refractivity contribution in [2.75, 3.05) is 26.2 Å². The van der Waals surface area contributed by atoms with Crippen LogP contribution in [0.3, 0.4) is 0 Å². The van der Waals surface area contributed by atoms with E-state index in [4.69, 9.17) is 0 Å². The van der Waals surface area contributed by atoms with E-state index in [2.05, 4.69) is 62.7 Å². The van der Waals surface area contributed by atoms with Crippen molar-refractivity contribution in [2.24, 2.45) is 11.8 Å². The Morgan fingerprint density at radius 2 is 1.74 bits per heavy atom. The van der Waals surface area contributed by atoms with Crippen LogP contribution in [0.5, 0.6) is 0 Å². The van der Waals surface area contributed by atoms with Crippen molar-refractivity contribution in [3.8, 4) is 0 Å². The predicted octanol–water partition coefficient (Wildman–Crippen LogP) is 3.91. The summed E-state index contributed by atoms with van der Waals surface area (Å²) in [7, 11) is 0. The summed E-state index contributed by atoms with van der Waals surface area (Å²) in [5.41, 5.74) is 1.23. The number of piperidine rings is 1. The van der Waals surface area contributed by atoms with Crippen LogP contribution in [0.1, 0.15) is 51.4 Å². The van der Waals surface area contributed by atoms with Crippen LogP contribution < -0.4 is 0 Å². The third-order valence-corrected chi connectivity index (χ3v) is 7.42. The number of nitrogens with zero attached hydrogens (tertiary/aromatic N) is 5. The molecule has 2 aromatic rings. The number of carbonyl (C=O) groups excluding carboxylic acids is 1. The van der Waals surface area contributed by atoms with Gasteiger partial charge in [-0.05, 0) is 56.7 Å². The zero-order valence-corrected chi connectivity index (χ0v) is 19.9. The highest BCUT2D eigenvalue weighted by atomic mass is 32.2. The molecule has 2 saturated heterocycles. The molecule has 0 saturated carbocycles. The maximum atomic E-state index is 13.2. The Morgan fingerprint density at radius 1 is 1.06 bits per heavy atom. The van der Waals surface area contributed by atoms with Crippen LogP contribution in [0.25, 0.3) is 0 Å². The van der Waals surface area contributed by atoms with E-state index in [0.29, 0.717) is 11.8 Å². The third kappa shape index (κ3) is 5.69. The molecule has 3 atom stereocenters. The lowest BCUT2D eigenvalue weighted by molar-refractivity contribution is -0.132. The molecule has 3 heterocycles. The number of benzene rings is 1. The number of rotatable bonds is 7. The van der Waals surface area contributed by atoms with Gasteiger partial charge in [-0.15, -0.1) is 10.2 Å². The van der Waals surface area contributed by atoms with Crippen LogP contribution in [-0.4, -0.2) is 61.9 Å². The Hall–Kier alpha value is -1.86. The normalized spacial score (nSPS) is 23.3. The second-order valence-electron chi connectivity index (χ2n) is 9.40. The van der Waals surface area contributed by atoms with E-state index in [1.54, 1.807) is 11.8 Å². The van der Waals surface area contributed by atoms with Crippen LogP contribution in [-0.2, 0) is 17.9 Å². The van der Waals surface area contributed by atoms with Gasteiger partial charge in [0.15, 0.2) is 5.16 Å². The van der Waals surface area contributed by atoms with Crippen LogP contribution in [0.15, 0.2) is 35.5 Å². The summed E-state index contributed by atoms with van der Waals surface area (Å²) in [6, 6.07) is 10.4. The van der Waals surface area contributed by atoms with Crippen molar-refractivity contribution >= 4 is 17.7 Å². The summed E-state index contributed by atoms with van der Waals surface area (Å²) in [6.45, 7) is 12.0. The van der Waals surface area contributed by atoms with Crippen molar-refractivity contribution in [3.63, 3.8) is 0 Å². The second-order valence-corrected chi connectivity index (χ2v) is 10.7. The summed E-state index contributed by atoms with van der Waals surface area (Å²) in [5.74, 6) is 2.35. The molecule has 1 aromatic heterocycles. The molecular formula is C24H35N5OS. The van der Waals surface area contributed by atoms with Gasteiger partial charge in [0.2, 0.25) is 5.91 Å². The summed E-state index contributed by atoms with van der Waals surface area (Å²) in [6.07, 6.45) is 3.72. The summed E-state index contributed by atoms with van der Waals surface area (Å²) in [4.78, 5) is 17.7. The van der Waals surface area contributed by atoms with Gasteiger partial charge in [0.1, 0.15) is 5.82 Å². The van der Waals surface area contributed by atoms with E-state index in [9.17, 15) is 4.79 Å². The maximum Gasteiger partial charge on any atom is 0.235 e. The van der Waals surface area contributed by atoms with Gasteiger partial charge in [-0.25, -0.2) is 0 Å². The molecule has 4 rings (SSSR count). The zero-order valence-electron chi connectivity index (χ0n) is 19.0. The van der Waals surface area contributed by atoms with Gasteiger partial charge >= 0.3 is 0 Å². The summed E-state index contributed by atoms with van der Waals surface area (Å²) >= 11 is 1.55. The van der Waals surface area contributed by atoms with E-state index < -0.39 is 0 Å². The Kier molecular flexibility index (Phi) is 7.33. The third-order valence-electron chi connectivity index (χ3n) is 6.35. The molecule has 0 bridgehead atoms. The molecule has 7 heteroatoms. The van der Waals surface area contributed by atoms with Crippen LogP contribution in [0.4, 0.5) is 0 Å². The SMILES string of the molecule is CC1CC(C)CN(C(=O)C(C)Sc2nnc(CN3CCCC3)n2Cc2ccccc2)C1. The fraction of sp³-hybridized carbons (Fsp3) is 0.625. The lowest BCUT2D eigenvalue weighted by Gasteiger charge is -2.36. The quantitative estimate of drug-likeness (QED) is 0.610. The monoisotopic (exact) mass is 441 g/mol. The Morgan fingerprint density at radius 3 is 2.42 bits per heavy atom. The predicted molar refractivity (Wildman–Crippen MR) is 125 cm³/mol. The fourth-order valence-electron chi connectivity index (χ4n) is 4.90. The lowest BCUT2D eigenvalue weighted by atomic mass is 9.92. The minimum atomic E-state index is -0.170. The molecule has 2 aliphatic heterocycles. The topological polar surface area (TPSA) is 54.3 Å². The average molecular weight is 442 g/mol. The second kappa shape index (κ2) is 10.2. The number of hydrogen-bond donors (Lipinski definition) is 0. The summed E-state index contributed by atoms with van der Waals surface area (Å²) < 4.78 is 2.21. The van der Waals surface area contributed by atoms with E-state index in [1.165, 1.54) is 24.8 Å². The van der Waals surface area contributed by atoms with Crippen LogP contribution >= 0.6 is 11.8 Å². The molecule has 6 nitrogen and oxygen atoms in total. The number of amides is 1. The van der Waals surface area contributed by atoms with Gasteiger partial charge in [0.05, 0.1) is 18.3 Å². The number of hydrogen-bond acceptors (Lipinski definition) is 5. The Bertz CT molecular complexity index is 854. The van der Waals surface area contributed by atoms with Crippen molar-refractivity contribution in [1.82, 2.24) is 24.6 Å². The molecule has 31 heavy (non-hydrogen) atoms. The average Bonchev–Trinajstić information content (AvgIpc) is 3.39. The number of carbonyl (C=O) groups is 1. The van der Waals surface area contributed by atoms with Gasteiger partial charge in [-0.1, -0.05) is 55.9 Å². The van der Waals surface area contributed by atoms with E-state index in [-0.39, 0.29) is 11.2 Å². The summed E-state index contributed by atoms with van der Waals surface area (Å²) in [5, 5.41) is 9.75. The largest absolute Gasteiger partial charge is 0.341 e.